The van der Waals surface area contributed by atoms with Gasteiger partial charge in [0.05, 0.1) is 0 Å². The number of ether oxygens (including phenoxy) is 1. The van der Waals surface area contributed by atoms with Crippen LogP contribution in [-0.2, 0) is 0 Å². The van der Waals surface area contributed by atoms with Crippen LogP contribution in [0.15, 0.2) is 66.7 Å². The predicted molar refractivity (Wildman–Crippen MR) is 118 cm³/mol. The lowest BCUT2D eigenvalue weighted by Gasteiger charge is -2.26. The standard InChI is InChI=1S/C27H30O/c1-19-5-8-22(9-6-19)23-10-12-24(13-11-23)25-14-16-26(17-15-25)28-27-18-20(2)4-7-21(27)3/h4,7,10-19,22H,5-6,8-9H2,1-3H3. The quantitative estimate of drug-likeness (QED) is 0.451. The fraction of sp³-hybridized carbons (Fsp3) is 0.333. The monoisotopic (exact) mass is 370 g/mol. The third kappa shape index (κ3) is 4.30. The van der Waals surface area contributed by atoms with Gasteiger partial charge in [0.2, 0.25) is 0 Å². The summed E-state index contributed by atoms with van der Waals surface area (Å²) in [7, 11) is 0. The molecule has 0 heterocycles. The molecule has 1 heteroatoms. The molecule has 0 aromatic heterocycles. The van der Waals surface area contributed by atoms with E-state index in [4.69, 9.17) is 4.74 Å². The minimum Gasteiger partial charge on any atom is -0.457 e. The lowest BCUT2D eigenvalue weighted by Crippen LogP contribution is -2.10. The van der Waals surface area contributed by atoms with E-state index in [-0.39, 0.29) is 0 Å². The number of hydrogen-bond acceptors (Lipinski definition) is 1. The van der Waals surface area contributed by atoms with Crippen LogP contribution in [0.1, 0.15) is 55.2 Å². The molecule has 1 aliphatic carbocycles. The van der Waals surface area contributed by atoms with E-state index in [2.05, 4.69) is 87.5 Å². The third-order valence-electron chi connectivity index (χ3n) is 6.16. The first-order valence-electron chi connectivity index (χ1n) is 10.5. The van der Waals surface area contributed by atoms with Gasteiger partial charge >= 0.3 is 0 Å². The van der Waals surface area contributed by atoms with Gasteiger partial charge in [0.25, 0.3) is 0 Å². The minimum absolute atomic E-state index is 0.749. The van der Waals surface area contributed by atoms with Gasteiger partial charge in [0.15, 0.2) is 0 Å². The number of aryl methyl sites for hydroxylation is 2. The first-order chi connectivity index (χ1) is 13.6. The Bertz CT molecular complexity index is 913. The topological polar surface area (TPSA) is 9.23 Å². The van der Waals surface area contributed by atoms with Gasteiger partial charge in [-0.05, 0) is 84.5 Å². The second kappa shape index (κ2) is 8.22. The number of hydrogen-bond donors (Lipinski definition) is 0. The van der Waals surface area contributed by atoms with Crippen molar-refractivity contribution >= 4 is 0 Å². The van der Waals surface area contributed by atoms with Crippen LogP contribution in [0.25, 0.3) is 11.1 Å². The molecule has 144 valence electrons. The molecular formula is C27H30O. The fourth-order valence-electron chi connectivity index (χ4n) is 4.20. The molecule has 0 aliphatic heterocycles. The van der Waals surface area contributed by atoms with Crippen LogP contribution in [0.4, 0.5) is 0 Å². The Morgan fingerprint density at radius 3 is 1.96 bits per heavy atom. The van der Waals surface area contributed by atoms with Gasteiger partial charge in [-0.2, -0.15) is 0 Å². The summed E-state index contributed by atoms with van der Waals surface area (Å²) in [5, 5.41) is 0. The molecule has 1 fully saturated rings. The number of benzene rings is 3. The lowest BCUT2D eigenvalue weighted by atomic mass is 9.79. The molecule has 0 amide bonds. The summed E-state index contributed by atoms with van der Waals surface area (Å²) in [6.07, 6.45) is 5.42. The molecule has 0 spiro atoms. The minimum atomic E-state index is 0.749. The molecule has 0 unspecified atom stereocenters. The maximum atomic E-state index is 6.09. The summed E-state index contributed by atoms with van der Waals surface area (Å²) in [6.45, 7) is 6.55. The largest absolute Gasteiger partial charge is 0.457 e. The Balaban J connectivity index is 1.45. The molecule has 3 aromatic carbocycles. The zero-order valence-corrected chi connectivity index (χ0v) is 17.2. The normalized spacial score (nSPS) is 19.4. The zero-order valence-electron chi connectivity index (χ0n) is 17.2. The van der Waals surface area contributed by atoms with E-state index < -0.39 is 0 Å². The van der Waals surface area contributed by atoms with Crippen molar-refractivity contribution in [3.05, 3.63) is 83.4 Å². The molecular weight excluding hydrogens is 340 g/mol. The van der Waals surface area contributed by atoms with Crippen LogP contribution in [-0.4, -0.2) is 0 Å². The molecule has 1 nitrogen and oxygen atoms in total. The van der Waals surface area contributed by atoms with Gasteiger partial charge in [-0.1, -0.05) is 68.3 Å². The summed E-state index contributed by atoms with van der Waals surface area (Å²) in [5.74, 6) is 3.46. The highest BCUT2D eigenvalue weighted by Crippen LogP contribution is 2.36. The zero-order chi connectivity index (χ0) is 19.5. The number of rotatable bonds is 4. The summed E-state index contributed by atoms with van der Waals surface area (Å²) < 4.78 is 6.09. The van der Waals surface area contributed by atoms with Crippen molar-refractivity contribution in [1.29, 1.82) is 0 Å². The van der Waals surface area contributed by atoms with E-state index in [9.17, 15) is 0 Å². The van der Waals surface area contributed by atoms with Crippen LogP contribution >= 0.6 is 0 Å². The van der Waals surface area contributed by atoms with Crippen molar-refractivity contribution in [2.45, 2.75) is 52.4 Å². The predicted octanol–water partition coefficient (Wildman–Crippen LogP) is 8.06. The van der Waals surface area contributed by atoms with Crippen LogP contribution in [0, 0.1) is 19.8 Å². The molecule has 0 radical (unpaired) electrons. The smallest absolute Gasteiger partial charge is 0.130 e. The maximum Gasteiger partial charge on any atom is 0.130 e. The van der Waals surface area contributed by atoms with Crippen molar-refractivity contribution in [1.82, 2.24) is 0 Å². The van der Waals surface area contributed by atoms with Gasteiger partial charge in [-0.15, -0.1) is 0 Å². The second-order valence-corrected chi connectivity index (χ2v) is 8.47. The highest BCUT2D eigenvalue weighted by atomic mass is 16.5. The van der Waals surface area contributed by atoms with Crippen molar-refractivity contribution in [3.63, 3.8) is 0 Å². The van der Waals surface area contributed by atoms with E-state index >= 15 is 0 Å². The summed E-state index contributed by atoms with van der Waals surface area (Å²) in [5.41, 5.74) is 6.38. The molecule has 1 aliphatic rings. The average molecular weight is 371 g/mol. The first kappa shape index (κ1) is 18.8. The van der Waals surface area contributed by atoms with Crippen LogP contribution in [0.5, 0.6) is 11.5 Å². The van der Waals surface area contributed by atoms with E-state index in [1.54, 1.807) is 0 Å². The average Bonchev–Trinajstić information content (AvgIpc) is 2.72. The molecule has 0 atom stereocenters. The lowest BCUT2D eigenvalue weighted by molar-refractivity contribution is 0.348. The third-order valence-corrected chi connectivity index (χ3v) is 6.16. The van der Waals surface area contributed by atoms with Crippen molar-refractivity contribution in [2.24, 2.45) is 5.92 Å². The highest BCUT2D eigenvalue weighted by molar-refractivity contribution is 5.64. The Hall–Kier alpha value is -2.54. The van der Waals surface area contributed by atoms with Crippen molar-refractivity contribution in [2.75, 3.05) is 0 Å². The van der Waals surface area contributed by atoms with Crippen LogP contribution in [0.3, 0.4) is 0 Å². The van der Waals surface area contributed by atoms with E-state index in [0.717, 1.165) is 28.9 Å². The van der Waals surface area contributed by atoms with E-state index in [0.29, 0.717) is 0 Å². The molecule has 4 rings (SSSR count). The van der Waals surface area contributed by atoms with Gasteiger partial charge in [0, 0.05) is 0 Å². The first-order valence-corrected chi connectivity index (χ1v) is 10.5. The summed E-state index contributed by atoms with van der Waals surface area (Å²) in [6, 6.07) is 23.9. The Morgan fingerprint density at radius 2 is 1.32 bits per heavy atom. The van der Waals surface area contributed by atoms with Crippen molar-refractivity contribution < 1.29 is 4.74 Å². The summed E-state index contributed by atoms with van der Waals surface area (Å²) >= 11 is 0. The molecule has 0 N–H and O–H groups in total. The van der Waals surface area contributed by atoms with Crippen LogP contribution < -0.4 is 4.74 Å². The van der Waals surface area contributed by atoms with Gasteiger partial charge < -0.3 is 4.74 Å². The molecule has 0 bridgehead atoms. The Labute approximate surface area is 169 Å². The fourth-order valence-corrected chi connectivity index (χ4v) is 4.20. The molecule has 28 heavy (non-hydrogen) atoms. The SMILES string of the molecule is Cc1ccc(C)c(Oc2ccc(-c3ccc(C4CCC(C)CC4)cc3)cc2)c1. The van der Waals surface area contributed by atoms with Crippen molar-refractivity contribution in [3.8, 4) is 22.6 Å². The van der Waals surface area contributed by atoms with Crippen LogP contribution in [0.2, 0.25) is 0 Å². The maximum absolute atomic E-state index is 6.09. The molecule has 1 saturated carbocycles. The summed E-state index contributed by atoms with van der Waals surface area (Å²) in [4.78, 5) is 0. The van der Waals surface area contributed by atoms with Gasteiger partial charge in [-0.3, -0.25) is 0 Å². The van der Waals surface area contributed by atoms with E-state index in [1.807, 2.05) is 0 Å². The Kier molecular flexibility index (Phi) is 5.52. The van der Waals surface area contributed by atoms with Gasteiger partial charge in [-0.25, -0.2) is 0 Å². The highest BCUT2D eigenvalue weighted by Gasteiger charge is 2.19. The second-order valence-electron chi connectivity index (χ2n) is 8.47. The Morgan fingerprint density at radius 1 is 0.714 bits per heavy atom. The molecule has 0 saturated heterocycles. The molecule has 3 aromatic rings. The van der Waals surface area contributed by atoms with E-state index in [1.165, 1.54) is 47.9 Å². The van der Waals surface area contributed by atoms with Gasteiger partial charge in [0.1, 0.15) is 11.5 Å².